The molecule has 0 saturated carbocycles. The summed E-state index contributed by atoms with van der Waals surface area (Å²) < 4.78 is 17.9. The maximum Gasteiger partial charge on any atom is 0.416 e. The predicted octanol–water partition coefficient (Wildman–Crippen LogP) is 3.26. The van der Waals surface area contributed by atoms with Crippen LogP contribution in [0.25, 0.3) is 0 Å². The fourth-order valence-corrected chi connectivity index (χ4v) is 6.48. The van der Waals surface area contributed by atoms with Gasteiger partial charge in [-0.1, -0.05) is 23.2 Å². The SMILES string of the molecule is CN1C(=O)[C@@]2(C[C@]3(CO[C@@]4(C(=O)N(C)c5ccc(Cl)cc54)N3C(=O)OC(C)(C)C)OC(=O)N2)c2cc(Cl)ccc21.O. The summed E-state index contributed by atoms with van der Waals surface area (Å²) >= 11 is 12.7. The van der Waals surface area contributed by atoms with Crippen LogP contribution in [-0.4, -0.2) is 66.4 Å². The van der Waals surface area contributed by atoms with Gasteiger partial charge in [0.05, 0.1) is 5.69 Å². The van der Waals surface area contributed by atoms with E-state index in [1.165, 1.54) is 22.9 Å². The van der Waals surface area contributed by atoms with Gasteiger partial charge in [-0.3, -0.25) is 9.59 Å². The summed E-state index contributed by atoms with van der Waals surface area (Å²) in [6, 6.07) is 9.66. The Morgan fingerprint density at radius 3 is 2.12 bits per heavy atom. The van der Waals surface area contributed by atoms with Crippen LogP contribution in [-0.2, 0) is 35.1 Å². The number of likely N-dealkylation sites (N-methyl/N-ethyl adjacent to an activating group) is 2. The van der Waals surface area contributed by atoms with E-state index in [1.54, 1.807) is 58.2 Å². The Morgan fingerprint density at radius 1 is 0.951 bits per heavy atom. The summed E-state index contributed by atoms with van der Waals surface area (Å²) in [6.07, 6.45) is -2.26. The average molecular weight is 607 g/mol. The molecule has 4 amide bonds. The highest BCUT2D eigenvalue weighted by atomic mass is 35.5. The van der Waals surface area contributed by atoms with Crippen molar-refractivity contribution < 1.29 is 38.9 Å². The fraction of sp³-hybridized carbons (Fsp3) is 0.407. The van der Waals surface area contributed by atoms with E-state index in [1.807, 2.05) is 0 Å². The summed E-state index contributed by atoms with van der Waals surface area (Å²) in [4.78, 5) is 59.1. The van der Waals surface area contributed by atoms with E-state index >= 15 is 0 Å². The molecule has 2 aromatic rings. The average Bonchev–Trinajstić information content (AvgIpc) is 3.35. The van der Waals surface area contributed by atoms with Gasteiger partial charge in [-0.05, 0) is 57.2 Å². The third-order valence-corrected chi connectivity index (χ3v) is 8.14. The molecule has 3 atom stereocenters. The molecule has 0 aliphatic carbocycles. The van der Waals surface area contributed by atoms with E-state index in [9.17, 15) is 19.2 Å². The Kier molecular flexibility index (Phi) is 6.32. The predicted molar refractivity (Wildman–Crippen MR) is 148 cm³/mol. The summed E-state index contributed by atoms with van der Waals surface area (Å²) in [5.74, 6) is -1.08. The minimum atomic E-state index is -2.08. The van der Waals surface area contributed by atoms with Gasteiger partial charge in [0.1, 0.15) is 12.2 Å². The number of amides is 4. The van der Waals surface area contributed by atoms with Gasteiger partial charge in [-0.2, -0.15) is 0 Å². The zero-order valence-corrected chi connectivity index (χ0v) is 24.3. The smallest absolute Gasteiger partial charge is 0.416 e. The summed E-state index contributed by atoms with van der Waals surface area (Å²) in [5, 5.41) is 3.32. The number of nitrogens with zero attached hydrogens (tertiary/aromatic N) is 3. The molecule has 0 aromatic heterocycles. The molecular formula is C27H28Cl2N4O8. The van der Waals surface area contributed by atoms with Crippen LogP contribution in [0.3, 0.4) is 0 Å². The van der Waals surface area contributed by atoms with Gasteiger partial charge < -0.3 is 34.8 Å². The Balaban J connectivity index is 0.00000337. The van der Waals surface area contributed by atoms with E-state index in [2.05, 4.69) is 5.32 Å². The van der Waals surface area contributed by atoms with Crippen LogP contribution in [0, 0.1) is 0 Å². The number of carbonyl (C=O) groups is 4. The lowest BCUT2D eigenvalue weighted by atomic mass is 9.81. The molecule has 0 bridgehead atoms. The first-order valence-electron chi connectivity index (χ1n) is 12.5. The second kappa shape index (κ2) is 8.96. The van der Waals surface area contributed by atoms with Crippen LogP contribution < -0.4 is 15.1 Å². The number of fused-ring (bicyclic) bond motifs is 4. The van der Waals surface area contributed by atoms with Crippen molar-refractivity contribution in [3.63, 3.8) is 0 Å². The molecule has 4 aliphatic heterocycles. The standard InChI is InChI=1S/C27H26Cl2N4O7.H2O/c1-24(2,3)40-23(37)33-25(13-38-27(33)17-11-15(29)7-9-19(17)32(5)21(27)35)12-26(30-22(36)39-25)16-10-14(28)6-8-18(16)31(4)20(26)34;/h6-11H,12-13H2,1-5H3,(H,30,36);1H2/t25-,26-,27+;/m1./s1. The summed E-state index contributed by atoms with van der Waals surface area (Å²) in [6.45, 7) is 4.56. The molecule has 4 aliphatic rings. The molecule has 41 heavy (non-hydrogen) atoms. The highest BCUT2D eigenvalue weighted by Crippen LogP contribution is 2.57. The minimum absolute atomic E-state index is 0. The quantitative estimate of drug-likeness (QED) is 0.483. The highest BCUT2D eigenvalue weighted by Gasteiger charge is 2.74. The van der Waals surface area contributed by atoms with Crippen molar-refractivity contribution in [1.29, 1.82) is 0 Å². The van der Waals surface area contributed by atoms with Crippen LogP contribution in [0.2, 0.25) is 10.0 Å². The van der Waals surface area contributed by atoms with Crippen molar-refractivity contribution in [3.05, 3.63) is 57.6 Å². The summed E-state index contributed by atoms with van der Waals surface area (Å²) in [7, 11) is 3.11. The number of anilines is 2. The van der Waals surface area contributed by atoms with Crippen LogP contribution in [0.5, 0.6) is 0 Å². The van der Waals surface area contributed by atoms with Crippen LogP contribution in [0.15, 0.2) is 36.4 Å². The Bertz CT molecular complexity index is 1530. The zero-order valence-electron chi connectivity index (χ0n) is 22.8. The number of carbonyl (C=O) groups excluding carboxylic acids is 4. The van der Waals surface area contributed by atoms with Gasteiger partial charge in [0.2, 0.25) is 5.72 Å². The first-order chi connectivity index (χ1) is 18.6. The molecule has 0 radical (unpaired) electrons. The molecule has 3 N–H and O–H groups in total. The number of benzene rings is 2. The molecule has 0 unspecified atom stereocenters. The third kappa shape index (κ3) is 3.81. The molecule has 2 fully saturated rings. The Labute approximate surface area is 245 Å². The Hall–Kier alpha value is -3.58. The van der Waals surface area contributed by atoms with Gasteiger partial charge in [-0.15, -0.1) is 0 Å². The lowest BCUT2D eigenvalue weighted by Gasteiger charge is -2.47. The summed E-state index contributed by atoms with van der Waals surface area (Å²) in [5.41, 5.74) is -5.02. The Morgan fingerprint density at radius 2 is 1.51 bits per heavy atom. The molecule has 6 rings (SSSR count). The van der Waals surface area contributed by atoms with E-state index < -0.39 is 53.2 Å². The largest absolute Gasteiger partial charge is 0.444 e. The van der Waals surface area contributed by atoms with Crippen LogP contribution in [0.4, 0.5) is 21.0 Å². The van der Waals surface area contributed by atoms with Crippen LogP contribution in [0.1, 0.15) is 38.3 Å². The molecule has 2 aromatic carbocycles. The molecular weight excluding hydrogens is 579 g/mol. The van der Waals surface area contributed by atoms with Gasteiger partial charge >= 0.3 is 12.2 Å². The van der Waals surface area contributed by atoms with Crippen molar-refractivity contribution in [2.75, 3.05) is 30.5 Å². The first-order valence-corrected chi connectivity index (χ1v) is 13.3. The number of rotatable bonds is 0. The second-order valence-corrected chi connectivity index (χ2v) is 12.2. The number of ether oxygens (including phenoxy) is 3. The number of nitrogens with one attached hydrogen (secondary N) is 1. The highest BCUT2D eigenvalue weighted by molar-refractivity contribution is 6.31. The fourth-order valence-electron chi connectivity index (χ4n) is 6.13. The minimum Gasteiger partial charge on any atom is -0.444 e. The van der Waals surface area contributed by atoms with Crippen molar-refractivity contribution in [1.82, 2.24) is 10.2 Å². The van der Waals surface area contributed by atoms with Gasteiger partial charge in [0.15, 0.2) is 5.54 Å². The molecule has 4 heterocycles. The monoisotopic (exact) mass is 606 g/mol. The van der Waals surface area contributed by atoms with E-state index in [0.717, 1.165) is 4.90 Å². The number of alkyl carbamates (subject to hydrolysis) is 1. The maximum absolute atomic E-state index is 14.1. The van der Waals surface area contributed by atoms with Gasteiger partial charge in [0, 0.05) is 47.4 Å². The van der Waals surface area contributed by atoms with Gasteiger partial charge in [0.25, 0.3) is 17.5 Å². The molecule has 14 heteroatoms. The zero-order chi connectivity index (χ0) is 29.0. The number of hydrogen-bond acceptors (Lipinski definition) is 7. The molecule has 218 valence electrons. The van der Waals surface area contributed by atoms with Crippen LogP contribution >= 0.6 is 23.2 Å². The lowest BCUT2D eigenvalue weighted by molar-refractivity contribution is -0.170. The van der Waals surface area contributed by atoms with E-state index in [4.69, 9.17) is 37.4 Å². The number of halogens is 2. The molecule has 2 saturated heterocycles. The number of hydrogen-bond donors (Lipinski definition) is 1. The van der Waals surface area contributed by atoms with Crippen molar-refractivity contribution in [3.8, 4) is 0 Å². The van der Waals surface area contributed by atoms with Gasteiger partial charge in [-0.25, -0.2) is 14.5 Å². The normalized spacial score (nSPS) is 28.2. The van der Waals surface area contributed by atoms with E-state index in [0.29, 0.717) is 27.0 Å². The molecule has 12 nitrogen and oxygen atoms in total. The van der Waals surface area contributed by atoms with Crippen molar-refractivity contribution >= 4 is 58.6 Å². The third-order valence-electron chi connectivity index (χ3n) is 7.67. The maximum atomic E-state index is 14.1. The van der Waals surface area contributed by atoms with E-state index in [-0.39, 0.29) is 17.5 Å². The van der Waals surface area contributed by atoms with Crippen molar-refractivity contribution in [2.24, 2.45) is 0 Å². The lowest BCUT2D eigenvalue weighted by Crippen LogP contribution is -2.70. The first kappa shape index (κ1) is 28.9. The topological polar surface area (TPSA) is 149 Å². The molecule has 3 spiro atoms. The second-order valence-electron chi connectivity index (χ2n) is 11.3. The van der Waals surface area contributed by atoms with Crippen molar-refractivity contribution in [2.45, 2.75) is 49.8 Å².